The summed E-state index contributed by atoms with van der Waals surface area (Å²) in [5.74, 6) is -0.652. The highest BCUT2D eigenvalue weighted by Gasteiger charge is 2.35. The van der Waals surface area contributed by atoms with Crippen LogP contribution in [0.25, 0.3) is 6.08 Å². The lowest BCUT2D eigenvalue weighted by Crippen LogP contribution is -2.27. The fourth-order valence-electron chi connectivity index (χ4n) is 3.05. The summed E-state index contributed by atoms with van der Waals surface area (Å²) in [5.41, 5.74) is 1.65. The molecule has 0 radical (unpaired) electrons. The molecule has 4 rings (SSSR count). The third kappa shape index (κ3) is 5.12. The first-order chi connectivity index (χ1) is 15.4. The van der Waals surface area contributed by atoms with Gasteiger partial charge in [-0.25, -0.2) is 4.79 Å². The SMILES string of the molecule is O=C(Oc1ccc(Br)cc1/C=C1\SC(=O)N(Cc2cccc(Cl)c2)C1=O)c1ccccc1. The number of amides is 2. The van der Waals surface area contributed by atoms with E-state index in [9.17, 15) is 14.4 Å². The Bertz CT molecular complexity index is 1250. The number of imide groups is 1. The van der Waals surface area contributed by atoms with Gasteiger partial charge in [0.05, 0.1) is 17.0 Å². The molecular weight excluding hydrogens is 514 g/mol. The summed E-state index contributed by atoms with van der Waals surface area (Å²) in [6.45, 7) is 0.122. The zero-order valence-corrected chi connectivity index (χ0v) is 19.6. The molecule has 0 aromatic heterocycles. The van der Waals surface area contributed by atoms with Crippen LogP contribution in [0.1, 0.15) is 21.5 Å². The van der Waals surface area contributed by atoms with E-state index in [-0.39, 0.29) is 22.4 Å². The van der Waals surface area contributed by atoms with Crippen LogP contribution in [-0.2, 0) is 11.3 Å². The van der Waals surface area contributed by atoms with Gasteiger partial charge < -0.3 is 4.74 Å². The second kappa shape index (κ2) is 9.73. The van der Waals surface area contributed by atoms with E-state index in [4.69, 9.17) is 16.3 Å². The number of hydrogen-bond acceptors (Lipinski definition) is 5. The van der Waals surface area contributed by atoms with E-state index in [2.05, 4.69) is 15.9 Å². The molecule has 1 saturated heterocycles. The van der Waals surface area contributed by atoms with E-state index in [0.29, 0.717) is 16.1 Å². The molecule has 1 aliphatic rings. The Morgan fingerprint density at radius 1 is 1.03 bits per heavy atom. The summed E-state index contributed by atoms with van der Waals surface area (Å²) < 4.78 is 6.29. The molecule has 2 amide bonds. The van der Waals surface area contributed by atoms with Gasteiger partial charge in [-0.05, 0) is 65.9 Å². The molecule has 0 aliphatic carbocycles. The van der Waals surface area contributed by atoms with Gasteiger partial charge in [0.25, 0.3) is 11.1 Å². The van der Waals surface area contributed by atoms with Gasteiger partial charge >= 0.3 is 5.97 Å². The smallest absolute Gasteiger partial charge is 0.343 e. The summed E-state index contributed by atoms with van der Waals surface area (Å²) in [7, 11) is 0. The predicted octanol–water partition coefficient (Wildman–Crippen LogP) is 6.56. The molecule has 0 atom stereocenters. The van der Waals surface area contributed by atoms with Crippen LogP contribution in [0.15, 0.2) is 82.2 Å². The van der Waals surface area contributed by atoms with Gasteiger partial charge in [-0.15, -0.1) is 0 Å². The first kappa shape index (κ1) is 22.3. The lowest BCUT2D eigenvalue weighted by atomic mass is 10.1. The highest BCUT2D eigenvalue weighted by molar-refractivity contribution is 9.10. The number of carbonyl (C=O) groups excluding carboxylic acids is 3. The maximum Gasteiger partial charge on any atom is 0.343 e. The Labute approximate surface area is 202 Å². The first-order valence-electron chi connectivity index (χ1n) is 9.47. The van der Waals surface area contributed by atoms with Crippen molar-refractivity contribution in [2.45, 2.75) is 6.54 Å². The molecule has 32 heavy (non-hydrogen) atoms. The summed E-state index contributed by atoms with van der Waals surface area (Å²) in [5, 5.41) is 0.156. The van der Waals surface area contributed by atoms with Crippen LogP contribution in [0.5, 0.6) is 5.75 Å². The topological polar surface area (TPSA) is 63.7 Å². The van der Waals surface area contributed by atoms with Crippen molar-refractivity contribution >= 4 is 62.5 Å². The number of rotatable bonds is 5. The number of carbonyl (C=O) groups is 3. The summed E-state index contributed by atoms with van der Waals surface area (Å²) >= 11 is 10.2. The molecule has 5 nitrogen and oxygen atoms in total. The molecule has 160 valence electrons. The van der Waals surface area contributed by atoms with Crippen LogP contribution in [0, 0.1) is 0 Å². The fourth-order valence-corrected chi connectivity index (χ4v) is 4.47. The summed E-state index contributed by atoms with van der Waals surface area (Å²) in [4.78, 5) is 39.3. The molecule has 3 aromatic rings. The molecule has 8 heteroatoms. The van der Waals surface area contributed by atoms with Crippen molar-refractivity contribution in [1.82, 2.24) is 4.90 Å². The largest absolute Gasteiger partial charge is 0.422 e. The number of esters is 1. The number of hydrogen-bond donors (Lipinski definition) is 0. The molecular formula is C24H15BrClNO4S. The third-order valence-corrected chi connectivity index (χ3v) is 6.21. The van der Waals surface area contributed by atoms with Gasteiger partial charge in [0.2, 0.25) is 0 Å². The quantitative estimate of drug-likeness (QED) is 0.213. The lowest BCUT2D eigenvalue weighted by molar-refractivity contribution is -0.123. The number of benzene rings is 3. The molecule has 1 aliphatic heterocycles. The van der Waals surface area contributed by atoms with Gasteiger partial charge in [-0.2, -0.15) is 0 Å². The average molecular weight is 529 g/mol. The number of nitrogens with zero attached hydrogens (tertiary/aromatic N) is 1. The van der Waals surface area contributed by atoms with Crippen molar-refractivity contribution in [3.8, 4) is 5.75 Å². The maximum absolute atomic E-state index is 12.9. The monoisotopic (exact) mass is 527 g/mol. The van der Waals surface area contributed by atoms with Gasteiger partial charge in [-0.1, -0.05) is 57.9 Å². The van der Waals surface area contributed by atoms with Crippen molar-refractivity contribution in [1.29, 1.82) is 0 Å². The predicted molar refractivity (Wildman–Crippen MR) is 129 cm³/mol. The second-order valence-corrected chi connectivity index (χ2v) is 9.18. The Hall–Kier alpha value is -2.87. The van der Waals surface area contributed by atoms with Gasteiger partial charge in [0.1, 0.15) is 5.75 Å². The van der Waals surface area contributed by atoms with Crippen molar-refractivity contribution < 1.29 is 19.1 Å². The highest BCUT2D eigenvalue weighted by Crippen LogP contribution is 2.36. The maximum atomic E-state index is 12.9. The van der Waals surface area contributed by atoms with E-state index >= 15 is 0 Å². The van der Waals surface area contributed by atoms with Gasteiger partial charge in [-0.3, -0.25) is 14.5 Å². The van der Waals surface area contributed by atoms with Gasteiger partial charge in [0, 0.05) is 15.1 Å². The van der Waals surface area contributed by atoms with Crippen LogP contribution in [0.3, 0.4) is 0 Å². The zero-order valence-electron chi connectivity index (χ0n) is 16.5. The van der Waals surface area contributed by atoms with Crippen molar-refractivity contribution in [3.63, 3.8) is 0 Å². The second-order valence-electron chi connectivity index (χ2n) is 6.84. The van der Waals surface area contributed by atoms with Gasteiger partial charge in [0.15, 0.2) is 0 Å². The molecule has 0 spiro atoms. The average Bonchev–Trinajstić information content (AvgIpc) is 3.03. The molecule has 0 unspecified atom stereocenters. The fraction of sp³-hybridized carbons (Fsp3) is 0.0417. The third-order valence-electron chi connectivity index (χ3n) is 4.57. The molecule has 0 N–H and O–H groups in total. The minimum atomic E-state index is -0.517. The van der Waals surface area contributed by atoms with Crippen LogP contribution >= 0.6 is 39.3 Å². The normalized spacial score (nSPS) is 14.8. The number of ether oxygens (including phenoxy) is 1. The lowest BCUT2D eigenvalue weighted by Gasteiger charge is -2.12. The highest BCUT2D eigenvalue weighted by atomic mass is 79.9. The Morgan fingerprint density at radius 3 is 2.56 bits per heavy atom. The summed E-state index contributed by atoms with van der Waals surface area (Å²) in [6, 6.07) is 20.7. The van der Waals surface area contributed by atoms with E-state index in [1.807, 2.05) is 0 Å². The van der Waals surface area contributed by atoms with Crippen LogP contribution in [-0.4, -0.2) is 22.0 Å². The Balaban J connectivity index is 1.59. The van der Waals surface area contributed by atoms with Crippen molar-refractivity contribution in [2.24, 2.45) is 0 Å². The Kier molecular flexibility index (Phi) is 6.79. The van der Waals surface area contributed by atoms with Crippen LogP contribution < -0.4 is 4.74 Å². The first-order valence-corrected chi connectivity index (χ1v) is 11.5. The van der Waals surface area contributed by atoms with E-state index in [1.54, 1.807) is 78.9 Å². The van der Waals surface area contributed by atoms with E-state index in [1.165, 1.54) is 0 Å². The van der Waals surface area contributed by atoms with Crippen LogP contribution in [0.4, 0.5) is 4.79 Å². The Morgan fingerprint density at radius 2 is 1.81 bits per heavy atom. The van der Waals surface area contributed by atoms with Crippen molar-refractivity contribution in [3.05, 3.63) is 104 Å². The van der Waals surface area contributed by atoms with E-state index in [0.717, 1.165) is 26.7 Å². The van der Waals surface area contributed by atoms with E-state index < -0.39 is 11.9 Å². The summed E-state index contributed by atoms with van der Waals surface area (Å²) in [6.07, 6.45) is 1.56. The minimum Gasteiger partial charge on any atom is -0.422 e. The molecule has 1 heterocycles. The molecule has 0 bridgehead atoms. The molecule has 1 fully saturated rings. The van der Waals surface area contributed by atoms with Crippen LogP contribution in [0.2, 0.25) is 5.02 Å². The molecule has 0 saturated carbocycles. The zero-order chi connectivity index (χ0) is 22.7. The number of thioether (sulfide) groups is 1. The minimum absolute atomic E-state index is 0.122. The van der Waals surface area contributed by atoms with Crippen molar-refractivity contribution in [2.75, 3.05) is 0 Å². The number of halogens is 2. The standard InChI is InChI=1S/C24H15BrClNO4S/c25-18-9-10-20(31-23(29)16-6-2-1-3-7-16)17(12-18)13-21-22(28)27(24(30)32-21)14-15-5-4-8-19(26)11-15/h1-13H,14H2/b21-13-. The molecule has 3 aromatic carbocycles.